The van der Waals surface area contributed by atoms with Crippen LogP contribution in [0.4, 0.5) is 5.69 Å². The second-order valence-electron chi connectivity index (χ2n) is 5.45. The molecule has 2 heterocycles. The number of benzene rings is 1. The third-order valence-corrected chi connectivity index (χ3v) is 3.92. The Morgan fingerprint density at radius 3 is 2.29 bits per heavy atom. The number of nitrogens with zero attached hydrogens (tertiary/aromatic N) is 3. The molecule has 1 N–H and O–H groups in total. The molecule has 1 aromatic carbocycles. The molecule has 1 fully saturated rings. The molecule has 110 valence electrons. The van der Waals surface area contributed by atoms with E-state index in [1.807, 2.05) is 19.1 Å². The van der Waals surface area contributed by atoms with Crippen LogP contribution in [0, 0.1) is 6.92 Å². The number of aryl methyl sites for hydroxylation is 1. The minimum absolute atomic E-state index is 0.0765. The first-order valence-electron chi connectivity index (χ1n) is 7.30. The van der Waals surface area contributed by atoms with Crippen LogP contribution < -0.4 is 4.90 Å². The van der Waals surface area contributed by atoms with Crippen LogP contribution in [0.15, 0.2) is 30.3 Å². The van der Waals surface area contributed by atoms with E-state index in [0.717, 1.165) is 24.5 Å². The molecular formula is C16H19N3O2. The Hall–Kier alpha value is -2.30. The first-order chi connectivity index (χ1) is 10.1. The number of aromatic carboxylic acids is 1. The lowest BCUT2D eigenvalue weighted by atomic mass is 10.1. The standard InChI is InChI=1S/C16H19N3O2/c1-12-11-15(16(20)21)17-19(12)14-7-5-13(6-8-14)18-9-3-2-4-10-18/h5-8,11H,2-4,9-10H2,1H3,(H,20,21). The molecule has 0 radical (unpaired) electrons. The van der Waals surface area contributed by atoms with Gasteiger partial charge in [-0.1, -0.05) is 0 Å². The van der Waals surface area contributed by atoms with Gasteiger partial charge in [0.25, 0.3) is 0 Å². The predicted molar refractivity (Wildman–Crippen MR) is 81.3 cm³/mol. The summed E-state index contributed by atoms with van der Waals surface area (Å²) in [5, 5.41) is 13.1. The third-order valence-electron chi connectivity index (χ3n) is 3.92. The number of hydrogen-bond acceptors (Lipinski definition) is 3. The first kappa shape index (κ1) is 13.7. The van der Waals surface area contributed by atoms with Crippen molar-refractivity contribution in [1.82, 2.24) is 9.78 Å². The molecule has 2 aromatic rings. The lowest BCUT2D eigenvalue weighted by Crippen LogP contribution is -2.29. The maximum Gasteiger partial charge on any atom is 0.356 e. The van der Waals surface area contributed by atoms with Gasteiger partial charge in [0.15, 0.2) is 5.69 Å². The summed E-state index contributed by atoms with van der Waals surface area (Å²) in [4.78, 5) is 13.4. The monoisotopic (exact) mass is 285 g/mol. The highest BCUT2D eigenvalue weighted by Crippen LogP contribution is 2.22. The highest BCUT2D eigenvalue weighted by Gasteiger charge is 2.13. The van der Waals surface area contributed by atoms with Gasteiger partial charge in [-0.15, -0.1) is 0 Å². The molecule has 1 aromatic heterocycles. The maximum absolute atomic E-state index is 11.0. The molecule has 21 heavy (non-hydrogen) atoms. The van der Waals surface area contributed by atoms with Gasteiger partial charge in [0.2, 0.25) is 0 Å². The highest BCUT2D eigenvalue weighted by atomic mass is 16.4. The van der Waals surface area contributed by atoms with Crippen LogP contribution in [0.25, 0.3) is 5.69 Å². The summed E-state index contributed by atoms with van der Waals surface area (Å²) < 4.78 is 1.67. The summed E-state index contributed by atoms with van der Waals surface area (Å²) in [5.41, 5.74) is 3.01. The van der Waals surface area contributed by atoms with Crippen molar-refractivity contribution in [1.29, 1.82) is 0 Å². The van der Waals surface area contributed by atoms with Crippen LogP contribution in [-0.4, -0.2) is 33.9 Å². The normalized spacial score (nSPS) is 15.2. The summed E-state index contributed by atoms with van der Waals surface area (Å²) in [6, 6.07) is 9.75. The maximum atomic E-state index is 11.0. The van der Waals surface area contributed by atoms with E-state index in [1.165, 1.54) is 24.9 Å². The minimum Gasteiger partial charge on any atom is -0.476 e. The molecule has 1 aliphatic heterocycles. The van der Waals surface area contributed by atoms with E-state index < -0.39 is 5.97 Å². The van der Waals surface area contributed by atoms with Crippen molar-refractivity contribution in [3.8, 4) is 5.69 Å². The second-order valence-corrected chi connectivity index (χ2v) is 5.45. The quantitative estimate of drug-likeness (QED) is 0.942. The van der Waals surface area contributed by atoms with Crippen LogP contribution in [0.2, 0.25) is 0 Å². The summed E-state index contributed by atoms with van der Waals surface area (Å²) in [6.45, 7) is 4.09. The summed E-state index contributed by atoms with van der Waals surface area (Å²) in [7, 11) is 0. The zero-order valence-corrected chi connectivity index (χ0v) is 12.1. The van der Waals surface area contributed by atoms with Crippen LogP contribution in [0.1, 0.15) is 35.4 Å². The Kier molecular flexibility index (Phi) is 3.64. The molecule has 0 amide bonds. The van der Waals surface area contributed by atoms with Crippen molar-refractivity contribution < 1.29 is 9.90 Å². The highest BCUT2D eigenvalue weighted by molar-refractivity contribution is 5.85. The van der Waals surface area contributed by atoms with Gasteiger partial charge in [0.05, 0.1) is 5.69 Å². The van der Waals surface area contributed by atoms with Gasteiger partial charge in [-0.2, -0.15) is 5.10 Å². The number of carbonyl (C=O) groups is 1. The van der Waals surface area contributed by atoms with Gasteiger partial charge in [0, 0.05) is 24.5 Å². The molecular weight excluding hydrogens is 266 g/mol. The number of aromatic nitrogens is 2. The molecule has 5 heteroatoms. The average Bonchev–Trinajstić information content (AvgIpc) is 2.91. The Balaban J connectivity index is 1.85. The van der Waals surface area contributed by atoms with Gasteiger partial charge in [-0.05, 0) is 56.5 Å². The lowest BCUT2D eigenvalue weighted by Gasteiger charge is -2.28. The minimum atomic E-state index is -0.998. The lowest BCUT2D eigenvalue weighted by molar-refractivity contribution is 0.0690. The molecule has 1 saturated heterocycles. The van der Waals surface area contributed by atoms with E-state index >= 15 is 0 Å². The fraction of sp³-hybridized carbons (Fsp3) is 0.375. The predicted octanol–water partition coefficient (Wildman–Crippen LogP) is 2.87. The molecule has 0 aliphatic carbocycles. The molecule has 3 rings (SSSR count). The number of hydrogen-bond donors (Lipinski definition) is 1. The van der Waals surface area contributed by atoms with Crippen molar-refractivity contribution in [2.24, 2.45) is 0 Å². The number of rotatable bonds is 3. The Bertz CT molecular complexity index is 640. The Morgan fingerprint density at radius 2 is 1.71 bits per heavy atom. The second kappa shape index (κ2) is 5.60. The molecule has 0 atom stereocenters. The van der Waals surface area contributed by atoms with Crippen molar-refractivity contribution in [3.63, 3.8) is 0 Å². The molecule has 5 nitrogen and oxygen atoms in total. The largest absolute Gasteiger partial charge is 0.476 e. The summed E-state index contributed by atoms with van der Waals surface area (Å²) >= 11 is 0. The van der Waals surface area contributed by atoms with Crippen LogP contribution in [0.3, 0.4) is 0 Å². The molecule has 1 aliphatic rings. The van der Waals surface area contributed by atoms with E-state index in [4.69, 9.17) is 5.11 Å². The van der Waals surface area contributed by atoms with Crippen LogP contribution in [-0.2, 0) is 0 Å². The topological polar surface area (TPSA) is 58.4 Å². The fourth-order valence-corrected chi connectivity index (χ4v) is 2.80. The van der Waals surface area contributed by atoms with Crippen molar-refractivity contribution in [3.05, 3.63) is 41.7 Å². The van der Waals surface area contributed by atoms with E-state index in [2.05, 4.69) is 22.1 Å². The molecule has 0 spiro atoms. The zero-order chi connectivity index (χ0) is 14.8. The van der Waals surface area contributed by atoms with Gasteiger partial charge in [-0.25, -0.2) is 9.48 Å². The van der Waals surface area contributed by atoms with Crippen molar-refractivity contribution >= 4 is 11.7 Å². The molecule has 0 unspecified atom stereocenters. The number of anilines is 1. The summed E-state index contributed by atoms with van der Waals surface area (Å²) in [6.07, 6.45) is 3.82. The molecule has 0 bridgehead atoms. The zero-order valence-electron chi connectivity index (χ0n) is 12.1. The van der Waals surface area contributed by atoms with Gasteiger partial charge < -0.3 is 10.0 Å². The Morgan fingerprint density at radius 1 is 1.10 bits per heavy atom. The number of piperidine rings is 1. The van der Waals surface area contributed by atoms with Crippen LogP contribution >= 0.6 is 0 Å². The van der Waals surface area contributed by atoms with E-state index in [-0.39, 0.29) is 5.69 Å². The SMILES string of the molecule is Cc1cc(C(=O)O)nn1-c1ccc(N2CCCCC2)cc1. The van der Waals surface area contributed by atoms with Gasteiger partial charge in [0.1, 0.15) is 0 Å². The van der Waals surface area contributed by atoms with E-state index in [0.29, 0.717) is 0 Å². The summed E-state index contributed by atoms with van der Waals surface area (Å²) in [5.74, 6) is -0.998. The molecule has 0 saturated carbocycles. The fourth-order valence-electron chi connectivity index (χ4n) is 2.80. The van der Waals surface area contributed by atoms with Gasteiger partial charge >= 0.3 is 5.97 Å². The first-order valence-corrected chi connectivity index (χ1v) is 7.30. The van der Waals surface area contributed by atoms with Gasteiger partial charge in [-0.3, -0.25) is 0 Å². The third kappa shape index (κ3) is 2.77. The average molecular weight is 285 g/mol. The van der Waals surface area contributed by atoms with Crippen molar-refractivity contribution in [2.45, 2.75) is 26.2 Å². The number of carboxylic acids is 1. The smallest absolute Gasteiger partial charge is 0.356 e. The number of carboxylic acid groups (broad SMARTS) is 1. The van der Waals surface area contributed by atoms with Crippen molar-refractivity contribution in [2.75, 3.05) is 18.0 Å². The van der Waals surface area contributed by atoms with Crippen LogP contribution in [0.5, 0.6) is 0 Å². The van der Waals surface area contributed by atoms with E-state index in [9.17, 15) is 4.79 Å². The van der Waals surface area contributed by atoms with E-state index in [1.54, 1.807) is 10.7 Å². The Labute approximate surface area is 123 Å².